The zero-order valence-corrected chi connectivity index (χ0v) is 21.5. The second kappa shape index (κ2) is 11.3. The molecule has 0 unspecified atom stereocenters. The van der Waals surface area contributed by atoms with Gasteiger partial charge in [-0.25, -0.2) is 13.1 Å². The topological polar surface area (TPSA) is 88.8 Å². The minimum atomic E-state index is -3.26. The van der Waals surface area contributed by atoms with E-state index in [9.17, 15) is 8.42 Å². The van der Waals surface area contributed by atoms with Gasteiger partial charge in [-0.3, -0.25) is 4.99 Å². The Morgan fingerprint density at radius 3 is 2.58 bits per heavy atom. The number of benzene rings is 1. The van der Waals surface area contributed by atoms with Gasteiger partial charge in [0.1, 0.15) is 0 Å². The van der Waals surface area contributed by atoms with Crippen molar-refractivity contribution in [3.05, 3.63) is 48.3 Å². The molecule has 31 heavy (non-hydrogen) atoms. The predicted molar refractivity (Wildman–Crippen MR) is 134 cm³/mol. The number of hydrogen-bond acceptors (Lipinski definition) is 5. The van der Waals surface area contributed by atoms with Gasteiger partial charge in [-0.1, -0.05) is 18.2 Å². The molecule has 1 fully saturated rings. The van der Waals surface area contributed by atoms with E-state index < -0.39 is 14.6 Å². The van der Waals surface area contributed by atoms with Crippen molar-refractivity contribution in [1.82, 2.24) is 20.0 Å². The van der Waals surface area contributed by atoms with Gasteiger partial charge in [0.05, 0.1) is 23.2 Å². The van der Waals surface area contributed by atoms with Crippen molar-refractivity contribution in [1.29, 1.82) is 0 Å². The number of guanidine groups is 1. The van der Waals surface area contributed by atoms with Crippen molar-refractivity contribution in [2.75, 3.05) is 39.6 Å². The van der Waals surface area contributed by atoms with Gasteiger partial charge in [-0.05, 0) is 31.9 Å². The number of ether oxygens (including phenoxy) is 1. The predicted octanol–water partition coefficient (Wildman–Crippen LogP) is 2.48. The number of nitrogens with one attached hydrogen (secondary N) is 1. The van der Waals surface area contributed by atoms with Gasteiger partial charge in [-0.15, -0.1) is 24.0 Å². The van der Waals surface area contributed by atoms with E-state index in [1.54, 1.807) is 0 Å². The highest BCUT2D eigenvalue weighted by Crippen LogP contribution is 2.29. The number of rotatable bonds is 7. The smallest absolute Gasteiger partial charge is 0.194 e. The van der Waals surface area contributed by atoms with Crippen LogP contribution in [-0.2, 0) is 21.1 Å². The van der Waals surface area contributed by atoms with Crippen molar-refractivity contribution < 1.29 is 13.2 Å². The normalized spacial score (nSPS) is 16.4. The van der Waals surface area contributed by atoms with Crippen molar-refractivity contribution in [3.63, 3.8) is 0 Å². The molecule has 1 N–H and O–H groups in total. The van der Waals surface area contributed by atoms with E-state index in [-0.39, 0.29) is 30.5 Å². The highest BCUT2D eigenvalue weighted by Gasteiger charge is 2.42. The van der Waals surface area contributed by atoms with E-state index in [0.717, 1.165) is 11.3 Å². The number of sulfone groups is 1. The maximum Gasteiger partial charge on any atom is 0.194 e. The van der Waals surface area contributed by atoms with Crippen LogP contribution in [0.5, 0.6) is 0 Å². The molecule has 0 amide bonds. The average molecular weight is 561 g/mol. The monoisotopic (exact) mass is 561 g/mol. The second-order valence-corrected chi connectivity index (χ2v) is 10.1. The molecule has 10 heteroatoms. The summed E-state index contributed by atoms with van der Waals surface area (Å²) in [5, 5.41) is 7.72. The first-order valence-corrected chi connectivity index (χ1v) is 12.1. The number of hydrogen-bond donors (Lipinski definition) is 1. The fraction of sp³-hybridized carbons (Fsp3) is 0.524. The zero-order valence-electron chi connectivity index (χ0n) is 18.3. The van der Waals surface area contributed by atoms with Gasteiger partial charge >= 0.3 is 0 Å². The van der Waals surface area contributed by atoms with Crippen molar-refractivity contribution >= 4 is 39.8 Å². The van der Waals surface area contributed by atoms with E-state index in [1.807, 2.05) is 66.3 Å². The lowest BCUT2D eigenvalue weighted by Gasteiger charge is -2.34. The van der Waals surface area contributed by atoms with Crippen LogP contribution in [0.4, 0.5) is 0 Å². The Hall–Kier alpha value is -1.66. The molecular formula is C21H32IN5O3S. The molecule has 1 aliphatic heterocycles. The van der Waals surface area contributed by atoms with Gasteiger partial charge in [0.25, 0.3) is 0 Å². The molecular weight excluding hydrogens is 529 g/mol. The summed E-state index contributed by atoms with van der Waals surface area (Å²) in [7, 11) is -1.31. The Balaban J connectivity index is 0.00000341. The van der Waals surface area contributed by atoms with Gasteiger partial charge in [-0.2, -0.15) is 5.10 Å². The van der Waals surface area contributed by atoms with Crippen LogP contribution in [0, 0.1) is 0 Å². The molecule has 1 saturated heterocycles. The molecule has 0 aliphatic carbocycles. The highest BCUT2D eigenvalue weighted by atomic mass is 127. The van der Waals surface area contributed by atoms with Crippen molar-refractivity contribution in [2.45, 2.75) is 31.1 Å². The van der Waals surface area contributed by atoms with E-state index in [4.69, 9.17) is 9.73 Å². The van der Waals surface area contributed by atoms with E-state index in [1.165, 1.54) is 6.26 Å². The summed E-state index contributed by atoms with van der Waals surface area (Å²) in [5.41, 5.74) is 2.04. The van der Waals surface area contributed by atoms with Crippen molar-refractivity contribution in [3.8, 4) is 5.69 Å². The molecule has 8 nitrogen and oxygen atoms in total. The maximum absolute atomic E-state index is 12.5. The standard InChI is InChI=1S/C21H31N5O3S.HI/c1-4-22-20(23-17-21(30(3,27)28)10-12-29-13-11-21)25(2)15-18-14-24-26(16-18)19-8-6-5-7-9-19;/h5-9,14,16H,4,10-13,15,17H2,1-3H3,(H,22,23);1H. The third kappa shape index (κ3) is 6.42. The summed E-state index contributed by atoms with van der Waals surface area (Å²) in [4.78, 5) is 6.70. The molecule has 0 radical (unpaired) electrons. The molecule has 1 aromatic carbocycles. The van der Waals surface area contributed by atoms with Gasteiger partial charge < -0.3 is 15.0 Å². The molecule has 2 heterocycles. The zero-order chi connectivity index (χ0) is 21.6. The van der Waals surface area contributed by atoms with Gasteiger partial charge in [0, 0.05) is 51.4 Å². The lowest BCUT2D eigenvalue weighted by molar-refractivity contribution is 0.0767. The minimum Gasteiger partial charge on any atom is -0.381 e. The number of aliphatic imine (C=N–C) groups is 1. The molecule has 172 valence electrons. The summed E-state index contributed by atoms with van der Waals surface area (Å²) in [6.07, 6.45) is 6.09. The highest BCUT2D eigenvalue weighted by molar-refractivity contribution is 14.0. The fourth-order valence-electron chi connectivity index (χ4n) is 3.59. The van der Waals surface area contributed by atoms with Crippen LogP contribution in [0.25, 0.3) is 5.69 Å². The van der Waals surface area contributed by atoms with Crippen LogP contribution in [0.2, 0.25) is 0 Å². The summed E-state index contributed by atoms with van der Waals surface area (Å²) in [5.74, 6) is 0.680. The summed E-state index contributed by atoms with van der Waals surface area (Å²) in [6, 6.07) is 9.94. The molecule has 0 bridgehead atoms. The van der Waals surface area contributed by atoms with Crippen LogP contribution in [0.15, 0.2) is 47.7 Å². The molecule has 0 saturated carbocycles. The lowest BCUT2D eigenvalue weighted by atomic mass is 9.99. The van der Waals surface area contributed by atoms with Gasteiger partial charge in [0.2, 0.25) is 0 Å². The van der Waals surface area contributed by atoms with E-state index in [0.29, 0.717) is 45.1 Å². The largest absolute Gasteiger partial charge is 0.381 e. The first-order valence-electron chi connectivity index (χ1n) is 10.2. The SMILES string of the molecule is CCNC(=NCC1(S(C)(=O)=O)CCOCC1)N(C)Cc1cnn(-c2ccccc2)c1.I. The molecule has 0 spiro atoms. The summed E-state index contributed by atoms with van der Waals surface area (Å²) < 4.78 is 31.4. The third-order valence-corrected chi connectivity index (χ3v) is 7.59. The van der Waals surface area contributed by atoms with Crippen LogP contribution in [-0.4, -0.2) is 73.4 Å². The molecule has 3 rings (SSSR count). The van der Waals surface area contributed by atoms with Gasteiger partial charge in [0.15, 0.2) is 15.8 Å². The minimum absolute atomic E-state index is 0. The average Bonchev–Trinajstić information content (AvgIpc) is 3.20. The molecule has 2 aromatic rings. The second-order valence-electron chi connectivity index (χ2n) is 7.72. The summed E-state index contributed by atoms with van der Waals surface area (Å²) in [6.45, 7) is 4.43. The van der Waals surface area contributed by atoms with Crippen LogP contribution in [0.1, 0.15) is 25.3 Å². The maximum atomic E-state index is 12.5. The van der Waals surface area contributed by atoms with Crippen LogP contribution < -0.4 is 5.32 Å². The quantitative estimate of drug-likeness (QED) is 0.318. The Bertz CT molecular complexity index is 956. The molecule has 1 aromatic heterocycles. The summed E-state index contributed by atoms with van der Waals surface area (Å²) >= 11 is 0. The van der Waals surface area contributed by atoms with Crippen LogP contribution in [0.3, 0.4) is 0 Å². The first kappa shape index (κ1) is 25.6. The molecule has 0 atom stereocenters. The number of para-hydroxylation sites is 1. The van der Waals surface area contributed by atoms with Crippen molar-refractivity contribution in [2.24, 2.45) is 4.99 Å². The van der Waals surface area contributed by atoms with Crippen LogP contribution >= 0.6 is 24.0 Å². The Morgan fingerprint density at radius 1 is 1.29 bits per heavy atom. The number of nitrogens with zero attached hydrogens (tertiary/aromatic N) is 4. The Labute approximate surface area is 202 Å². The first-order chi connectivity index (χ1) is 14.3. The van der Waals surface area contributed by atoms with E-state index >= 15 is 0 Å². The third-order valence-electron chi connectivity index (χ3n) is 5.48. The number of halogens is 1. The lowest BCUT2D eigenvalue weighted by Crippen LogP contribution is -2.47. The fourth-order valence-corrected chi connectivity index (χ4v) is 4.80. The Kier molecular flexibility index (Phi) is 9.31. The Morgan fingerprint density at radius 2 is 1.97 bits per heavy atom. The molecule has 1 aliphatic rings. The number of aromatic nitrogens is 2. The van der Waals surface area contributed by atoms with E-state index in [2.05, 4.69) is 10.4 Å².